The van der Waals surface area contributed by atoms with E-state index in [1.54, 1.807) is 0 Å². The molecular formula is C36H32N6. The largest absolute Gasteiger partial charge is 0.255 e. The summed E-state index contributed by atoms with van der Waals surface area (Å²) in [5.41, 5.74) is 12.6. The molecule has 0 radical (unpaired) electrons. The quantitative estimate of drug-likeness (QED) is 0.189. The van der Waals surface area contributed by atoms with Crippen molar-refractivity contribution in [3.05, 3.63) is 143 Å². The highest BCUT2D eigenvalue weighted by Gasteiger charge is 2.07. The predicted octanol–water partition coefficient (Wildman–Crippen LogP) is 7.24. The monoisotopic (exact) mass is 548 g/mol. The summed E-state index contributed by atoms with van der Waals surface area (Å²) in [5.74, 6) is 0. The molecular weight excluding hydrogens is 516 g/mol. The molecule has 42 heavy (non-hydrogen) atoms. The van der Waals surface area contributed by atoms with E-state index >= 15 is 0 Å². The summed E-state index contributed by atoms with van der Waals surface area (Å²) in [5, 5.41) is 0. The van der Waals surface area contributed by atoms with Crippen LogP contribution in [-0.2, 0) is 25.7 Å². The van der Waals surface area contributed by atoms with Gasteiger partial charge in [-0.1, -0.05) is 12.1 Å². The van der Waals surface area contributed by atoms with Gasteiger partial charge in [0.1, 0.15) is 0 Å². The maximum absolute atomic E-state index is 4.71. The predicted molar refractivity (Wildman–Crippen MR) is 167 cm³/mol. The van der Waals surface area contributed by atoms with Crippen molar-refractivity contribution in [2.45, 2.75) is 39.5 Å². The SMILES string of the molecule is Cc1ccnc(-c2cc(CCc3ccc(-c4ccc(CCc5ccnc(-c6cc(C)ccn6)c5)cn4)nc3)ccn2)c1. The minimum atomic E-state index is 0.881. The molecule has 0 atom stereocenters. The molecule has 0 bridgehead atoms. The lowest BCUT2D eigenvalue weighted by molar-refractivity contribution is 0.942. The molecule has 0 saturated heterocycles. The maximum atomic E-state index is 4.71. The van der Waals surface area contributed by atoms with Crippen LogP contribution in [0, 0.1) is 13.8 Å². The van der Waals surface area contributed by atoms with E-state index in [0.29, 0.717) is 0 Å². The maximum Gasteiger partial charge on any atom is 0.0888 e. The van der Waals surface area contributed by atoms with Crippen molar-refractivity contribution in [3.63, 3.8) is 0 Å². The third-order valence-electron chi connectivity index (χ3n) is 7.32. The van der Waals surface area contributed by atoms with Crippen LogP contribution in [0.3, 0.4) is 0 Å². The molecule has 0 fully saturated rings. The van der Waals surface area contributed by atoms with Gasteiger partial charge >= 0.3 is 0 Å². The summed E-state index contributed by atoms with van der Waals surface area (Å²) in [6, 6.07) is 24.9. The highest BCUT2D eigenvalue weighted by molar-refractivity contribution is 5.57. The summed E-state index contributed by atoms with van der Waals surface area (Å²) < 4.78 is 0. The molecule has 0 N–H and O–H groups in total. The van der Waals surface area contributed by atoms with E-state index in [2.05, 4.69) is 94.4 Å². The minimum Gasteiger partial charge on any atom is -0.255 e. The lowest BCUT2D eigenvalue weighted by Crippen LogP contribution is -1.97. The van der Waals surface area contributed by atoms with E-state index in [9.17, 15) is 0 Å². The Hall–Kier alpha value is -5.10. The first-order valence-electron chi connectivity index (χ1n) is 14.3. The number of aromatic nitrogens is 6. The summed E-state index contributed by atoms with van der Waals surface area (Å²) in [4.78, 5) is 27.4. The molecule has 6 heteroatoms. The second kappa shape index (κ2) is 12.6. The molecule has 0 aliphatic carbocycles. The van der Waals surface area contributed by atoms with Crippen LogP contribution in [0.25, 0.3) is 34.2 Å². The Morgan fingerprint density at radius 3 is 1.12 bits per heavy atom. The van der Waals surface area contributed by atoms with E-state index < -0.39 is 0 Å². The lowest BCUT2D eigenvalue weighted by Gasteiger charge is -2.07. The molecule has 6 aromatic rings. The van der Waals surface area contributed by atoms with E-state index in [-0.39, 0.29) is 0 Å². The van der Waals surface area contributed by atoms with Crippen molar-refractivity contribution >= 4 is 0 Å². The van der Waals surface area contributed by atoms with Crippen molar-refractivity contribution in [1.82, 2.24) is 29.9 Å². The van der Waals surface area contributed by atoms with E-state index in [1.165, 1.54) is 33.4 Å². The van der Waals surface area contributed by atoms with Gasteiger partial charge in [0.2, 0.25) is 0 Å². The number of aryl methyl sites for hydroxylation is 6. The first-order valence-corrected chi connectivity index (χ1v) is 14.3. The van der Waals surface area contributed by atoms with Crippen molar-refractivity contribution in [3.8, 4) is 34.2 Å². The van der Waals surface area contributed by atoms with Crippen molar-refractivity contribution in [2.75, 3.05) is 0 Å². The van der Waals surface area contributed by atoms with Crippen LogP contribution in [-0.4, -0.2) is 29.9 Å². The van der Waals surface area contributed by atoms with Gasteiger partial charge in [-0.2, -0.15) is 0 Å². The Morgan fingerprint density at radius 1 is 0.357 bits per heavy atom. The summed E-state index contributed by atoms with van der Waals surface area (Å²) in [6.45, 7) is 4.14. The first kappa shape index (κ1) is 27.1. The summed E-state index contributed by atoms with van der Waals surface area (Å²) in [7, 11) is 0. The number of hydrogen-bond acceptors (Lipinski definition) is 6. The molecule has 6 rings (SSSR count). The molecule has 6 aromatic heterocycles. The summed E-state index contributed by atoms with van der Waals surface area (Å²) >= 11 is 0. The molecule has 0 saturated carbocycles. The molecule has 6 heterocycles. The van der Waals surface area contributed by atoms with Crippen molar-refractivity contribution in [2.24, 2.45) is 0 Å². The van der Waals surface area contributed by atoms with Gasteiger partial charge in [0.05, 0.1) is 34.2 Å². The standard InChI is InChI=1S/C36H32N6/c1-25-11-15-37-33(19-25)35-21-27(13-17-39-35)3-5-29-7-9-31(41-23-29)32-10-8-30(24-42-32)6-4-28-14-18-40-36(22-28)34-20-26(2)12-16-38-34/h7-24H,3-6H2,1-2H3. The van der Waals surface area contributed by atoms with Crippen LogP contribution < -0.4 is 0 Å². The van der Waals surface area contributed by atoms with Gasteiger partial charge in [0.25, 0.3) is 0 Å². The fourth-order valence-corrected chi connectivity index (χ4v) is 4.92. The molecule has 0 aliphatic heterocycles. The molecule has 0 amide bonds. The Morgan fingerprint density at radius 2 is 0.738 bits per heavy atom. The number of pyridine rings is 6. The van der Waals surface area contributed by atoms with Crippen LogP contribution in [0.1, 0.15) is 33.4 Å². The number of rotatable bonds is 9. The third kappa shape index (κ3) is 6.78. The van der Waals surface area contributed by atoms with Gasteiger partial charge in [-0.25, -0.2) is 0 Å². The van der Waals surface area contributed by atoms with Crippen LogP contribution >= 0.6 is 0 Å². The number of hydrogen-bond donors (Lipinski definition) is 0. The molecule has 6 nitrogen and oxygen atoms in total. The second-order valence-electron chi connectivity index (χ2n) is 10.6. The zero-order valence-electron chi connectivity index (χ0n) is 23.9. The van der Waals surface area contributed by atoms with Crippen molar-refractivity contribution in [1.29, 1.82) is 0 Å². The highest BCUT2D eigenvalue weighted by atomic mass is 14.8. The van der Waals surface area contributed by atoms with Gasteiger partial charge in [0.15, 0.2) is 0 Å². The third-order valence-corrected chi connectivity index (χ3v) is 7.32. The Balaban J connectivity index is 1.04. The molecule has 0 spiro atoms. The Bertz CT molecular complexity index is 1660. The topological polar surface area (TPSA) is 77.3 Å². The van der Waals surface area contributed by atoms with Crippen LogP contribution in [0.15, 0.2) is 110 Å². The van der Waals surface area contributed by atoms with Crippen LogP contribution in [0.2, 0.25) is 0 Å². The number of nitrogens with zero attached hydrogens (tertiary/aromatic N) is 6. The van der Waals surface area contributed by atoms with Crippen LogP contribution in [0.4, 0.5) is 0 Å². The zero-order chi connectivity index (χ0) is 28.7. The highest BCUT2D eigenvalue weighted by Crippen LogP contribution is 2.21. The van der Waals surface area contributed by atoms with Gasteiger partial charge < -0.3 is 0 Å². The van der Waals surface area contributed by atoms with Gasteiger partial charge in [-0.05, 0) is 134 Å². The summed E-state index contributed by atoms with van der Waals surface area (Å²) in [6.07, 6.45) is 14.9. The van der Waals surface area contributed by atoms with Gasteiger partial charge in [-0.15, -0.1) is 0 Å². The van der Waals surface area contributed by atoms with Gasteiger partial charge in [0, 0.05) is 37.2 Å². The average molecular weight is 549 g/mol. The van der Waals surface area contributed by atoms with E-state index in [0.717, 1.165) is 59.8 Å². The molecule has 206 valence electrons. The average Bonchev–Trinajstić information content (AvgIpc) is 3.04. The van der Waals surface area contributed by atoms with Gasteiger partial charge in [-0.3, -0.25) is 29.9 Å². The Kier molecular flexibility index (Phi) is 8.13. The molecule has 0 unspecified atom stereocenters. The van der Waals surface area contributed by atoms with Crippen molar-refractivity contribution < 1.29 is 0 Å². The second-order valence-corrected chi connectivity index (χ2v) is 10.6. The molecule has 0 aromatic carbocycles. The Labute approximate surface area is 246 Å². The van der Waals surface area contributed by atoms with E-state index in [1.807, 2.05) is 49.3 Å². The lowest BCUT2D eigenvalue weighted by atomic mass is 10.0. The minimum absolute atomic E-state index is 0.881. The van der Waals surface area contributed by atoms with E-state index in [4.69, 9.17) is 9.97 Å². The fourth-order valence-electron chi connectivity index (χ4n) is 4.92. The zero-order valence-corrected chi connectivity index (χ0v) is 23.9. The normalized spacial score (nSPS) is 11.0. The fraction of sp³-hybridized carbons (Fsp3) is 0.167. The molecule has 0 aliphatic rings. The smallest absolute Gasteiger partial charge is 0.0888 e. The van der Waals surface area contributed by atoms with Crippen LogP contribution in [0.5, 0.6) is 0 Å². The first-order chi connectivity index (χ1) is 20.6.